The Kier molecular flexibility index (Phi) is 3.92. The van der Waals surface area contributed by atoms with Gasteiger partial charge in [-0.25, -0.2) is 9.78 Å². The summed E-state index contributed by atoms with van der Waals surface area (Å²) in [7, 11) is 0. The summed E-state index contributed by atoms with van der Waals surface area (Å²) in [6, 6.07) is 12.4. The fourth-order valence-corrected chi connectivity index (χ4v) is 2.26. The van der Waals surface area contributed by atoms with Crippen molar-refractivity contribution < 1.29 is 14.6 Å². The normalized spacial score (nSPS) is 10.2. The molecule has 0 bridgehead atoms. The number of carboxylic acids is 1. The standard InChI is InChI=1S/C14H10N4O3S/c19-14(20)12-13(22-18-17-12)16-9-4-6-10(7-5-9)21-11-3-1-2-8-15-11/h1-8,16H,(H,19,20). The fourth-order valence-electron chi connectivity index (χ4n) is 1.68. The summed E-state index contributed by atoms with van der Waals surface area (Å²) in [5.41, 5.74) is 0.612. The van der Waals surface area contributed by atoms with Crippen molar-refractivity contribution in [2.24, 2.45) is 0 Å². The molecule has 0 radical (unpaired) electrons. The van der Waals surface area contributed by atoms with Gasteiger partial charge < -0.3 is 15.2 Å². The van der Waals surface area contributed by atoms with Crippen LogP contribution in [0.1, 0.15) is 10.5 Å². The lowest BCUT2D eigenvalue weighted by atomic mass is 10.3. The summed E-state index contributed by atoms with van der Waals surface area (Å²) in [5.74, 6) is 0.0134. The lowest BCUT2D eigenvalue weighted by Crippen LogP contribution is -2.01. The molecular weight excluding hydrogens is 304 g/mol. The lowest BCUT2D eigenvalue weighted by molar-refractivity contribution is 0.0691. The van der Waals surface area contributed by atoms with Gasteiger partial charge in [0.2, 0.25) is 11.6 Å². The van der Waals surface area contributed by atoms with Crippen LogP contribution < -0.4 is 10.1 Å². The van der Waals surface area contributed by atoms with Crippen LogP contribution >= 0.6 is 11.5 Å². The van der Waals surface area contributed by atoms with Gasteiger partial charge in [0.25, 0.3) is 0 Å². The summed E-state index contributed by atoms with van der Waals surface area (Å²) < 4.78 is 9.20. The lowest BCUT2D eigenvalue weighted by Gasteiger charge is -2.06. The minimum atomic E-state index is -1.12. The number of benzene rings is 1. The minimum Gasteiger partial charge on any atom is -0.476 e. The number of pyridine rings is 1. The molecule has 22 heavy (non-hydrogen) atoms. The molecule has 0 aliphatic heterocycles. The van der Waals surface area contributed by atoms with E-state index in [1.165, 1.54) is 0 Å². The molecule has 0 saturated carbocycles. The molecule has 0 aliphatic rings. The molecule has 7 nitrogen and oxygen atoms in total. The highest BCUT2D eigenvalue weighted by Gasteiger charge is 2.15. The summed E-state index contributed by atoms with van der Waals surface area (Å²) in [6.45, 7) is 0. The van der Waals surface area contributed by atoms with Crippen LogP contribution in [0.5, 0.6) is 11.6 Å². The molecule has 0 spiro atoms. The highest BCUT2D eigenvalue weighted by molar-refractivity contribution is 7.10. The molecule has 2 heterocycles. The van der Waals surface area contributed by atoms with Crippen LogP contribution in [0.3, 0.4) is 0 Å². The first-order valence-electron chi connectivity index (χ1n) is 6.24. The maximum Gasteiger partial charge on any atom is 0.359 e. The molecule has 0 atom stereocenters. The van der Waals surface area contributed by atoms with Gasteiger partial charge in [0.15, 0.2) is 0 Å². The van der Waals surface area contributed by atoms with Crippen molar-refractivity contribution in [1.29, 1.82) is 0 Å². The second-order valence-corrected chi connectivity index (χ2v) is 4.93. The zero-order valence-corrected chi connectivity index (χ0v) is 11.9. The van der Waals surface area contributed by atoms with E-state index in [4.69, 9.17) is 9.84 Å². The summed E-state index contributed by atoms with van der Waals surface area (Å²) in [6.07, 6.45) is 1.65. The van der Waals surface area contributed by atoms with E-state index in [1.807, 2.05) is 12.1 Å². The first-order chi connectivity index (χ1) is 10.7. The Hall–Kier alpha value is -3.00. The molecule has 8 heteroatoms. The van der Waals surface area contributed by atoms with Gasteiger partial charge in [-0.1, -0.05) is 10.6 Å². The highest BCUT2D eigenvalue weighted by Crippen LogP contribution is 2.26. The van der Waals surface area contributed by atoms with Gasteiger partial charge in [0.1, 0.15) is 10.8 Å². The van der Waals surface area contributed by atoms with Gasteiger partial charge in [0.05, 0.1) is 0 Å². The maximum absolute atomic E-state index is 11.0. The molecule has 0 unspecified atom stereocenters. The second kappa shape index (κ2) is 6.19. The first kappa shape index (κ1) is 14.0. The van der Waals surface area contributed by atoms with Crippen molar-refractivity contribution in [3.05, 3.63) is 54.4 Å². The maximum atomic E-state index is 11.0. The van der Waals surface area contributed by atoms with E-state index in [0.717, 1.165) is 11.5 Å². The predicted molar refractivity (Wildman–Crippen MR) is 80.9 cm³/mol. The van der Waals surface area contributed by atoms with E-state index in [1.54, 1.807) is 36.5 Å². The van der Waals surface area contributed by atoms with Crippen molar-refractivity contribution in [2.75, 3.05) is 5.32 Å². The monoisotopic (exact) mass is 314 g/mol. The summed E-state index contributed by atoms with van der Waals surface area (Å²) in [4.78, 5) is 15.0. The smallest absolute Gasteiger partial charge is 0.359 e. The van der Waals surface area contributed by atoms with Crippen LogP contribution in [0, 0.1) is 0 Å². The molecule has 2 N–H and O–H groups in total. The predicted octanol–water partition coefficient (Wildman–Crippen LogP) is 3.17. The quantitative estimate of drug-likeness (QED) is 0.746. The third-order valence-corrected chi connectivity index (χ3v) is 3.30. The van der Waals surface area contributed by atoms with Crippen LogP contribution in [-0.2, 0) is 0 Å². The minimum absolute atomic E-state index is 0.0983. The van der Waals surface area contributed by atoms with Crippen LogP contribution in [0.25, 0.3) is 0 Å². The van der Waals surface area contributed by atoms with Crippen LogP contribution in [0.15, 0.2) is 48.7 Å². The zero-order valence-electron chi connectivity index (χ0n) is 11.1. The topological polar surface area (TPSA) is 97.2 Å². The average Bonchev–Trinajstić information content (AvgIpc) is 2.99. The van der Waals surface area contributed by atoms with E-state index in [9.17, 15) is 4.79 Å². The van der Waals surface area contributed by atoms with Gasteiger partial charge >= 0.3 is 5.97 Å². The molecule has 3 rings (SSSR count). The molecule has 0 saturated heterocycles. The van der Waals surface area contributed by atoms with Crippen molar-refractivity contribution in [3.8, 4) is 11.6 Å². The fraction of sp³-hybridized carbons (Fsp3) is 0. The number of aromatic carboxylic acids is 1. The van der Waals surface area contributed by atoms with E-state index in [2.05, 4.69) is 19.9 Å². The number of nitrogens with zero attached hydrogens (tertiary/aromatic N) is 3. The van der Waals surface area contributed by atoms with Crippen molar-refractivity contribution in [3.63, 3.8) is 0 Å². The number of ether oxygens (including phenoxy) is 1. The molecule has 0 fully saturated rings. The average molecular weight is 314 g/mol. The van der Waals surface area contributed by atoms with Crippen molar-refractivity contribution in [1.82, 2.24) is 14.6 Å². The van der Waals surface area contributed by atoms with Gasteiger partial charge in [-0.05, 0) is 30.3 Å². The Morgan fingerprint density at radius 2 is 2.00 bits per heavy atom. The van der Waals surface area contributed by atoms with E-state index in [0.29, 0.717) is 22.3 Å². The highest BCUT2D eigenvalue weighted by atomic mass is 32.1. The Morgan fingerprint density at radius 3 is 2.68 bits per heavy atom. The Labute approximate surface area is 129 Å². The number of nitrogens with one attached hydrogen (secondary N) is 1. The number of hydrogen-bond donors (Lipinski definition) is 2. The second-order valence-electron chi connectivity index (χ2n) is 4.18. The first-order valence-corrected chi connectivity index (χ1v) is 7.01. The third kappa shape index (κ3) is 3.18. The number of hydrogen-bond acceptors (Lipinski definition) is 7. The Balaban J connectivity index is 1.72. The summed E-state index contributed by atoms with van der Waals surface area (Å²) >= 11 is 0.985. The Bertz CT molecular complexity index is 774. The van der Waals surface area contributed by atoms with Gasteiger partial charge in [-0.3, -0.25) is 0 Å². The Morgan fingerprint density at radius 1 is 1.18 bits per heavy atom. The van der Waals surface area contributed by atoms with Gasteiger partial charge in [0, 0.05) is 29.5 Å². The van der Waals surface area contributed by atoms with Crippen LogP contribution in [0.4, 0.5) is 10.7 Å². The molecule has 2 aromatic heterocycles. The van der Waals surface area contributed by atoms with E-state index in [-0.39, 0.29) is 5.69 Å². The SMILES string of the molecule is O=C(O)c1nnsc1Nc1ccc(Oc2ccccn2)cc1. The molecule has 110 valence electrons. The summed E-state index contributed by atoms with van der Waals surface area (Å²) in [5, 5.41) is 15.9. The number of rotatable bonds is 5. The number of aromatic nitrogens is 3. The van der Waals surface area contributed by atoms with E-state index < -0.39 is 5.97 Å². The van der Waals surface area contributed by atoms with Crippen molar-refractivity contribution in [2.45, 2.75) is 0 Å². The largest absolute Gasteiger partial charge is 0.476 e. The van der Waals surface area contributed by atoms with Gasteiger partial charge in [-0.15, -0.1) is 5.10 Å². The molecule has 3 aromatic rings. The van der Waals surface area contributed by atoms with Crippen LogP contribution in [0.2, 0.25) is 0 Å². The van der Waals surface area contributed by atoms with E-state index >= 15 is 0 Å². The number of carboxylic acid groups (broad SMARTS) is 1. The molecule has 1 aromatic carbocycles. The van der Waals surface area contributed by atoms with Gasteiger partial charge in [-0.2, -0.15) is 0 Å². The number of carbonyl (C=O) groups is 1. The van der Waals surface area contributed by atoms with Crippen molar-refractivity contribution >= 4 is 28.2 Å². The zero-order chi connectivity index (χ0) is 15.4. The molecular formula is C14H10N4O3S. The molecule has 0 aliphatic carbocycles. The molecule has 0 amide bonds. The van der Waals surface area contributed by atoms with Crippen LogP contribution in [-0.4, -0.2) is 25.6 Å². The number of anilines is 2. The third-order valence-electron chi connectivity index (χ3n) is 2.66.